The molecule has 0 aromatic heterocycles. The maximum atomic E-state index is 12.4. The van der Waals surface area contributed by atoms with E-state index in [9.17, 15) is 13.2 Å². The maximum absolute atomic E-state index is 12.4. The Morgan fingerprint density at radius 1 is 1.29 bits per heavy atom. The number of nitrogens with one attached hydrogen (secondary N) is 1. The number of rotatable bonds is 2. The van der Waals surface area contributed by atoms with Gasteiger partial charge in [-0.05, 0) is 23.8 Å². The van der Waals surface area contributed by atoms with Crippen LogP contribution >= 0.6 is 0 Å². The van der Waals surface area contributed by atoms with Crippen LogP contribution in [-0.4, -0.2) is 7.05 Å². The second-order valence-electron chi connectivity index (χ2n) is 2.87. The van der Waals surface area contributed by atoms with Crippen molar-refractivity contribution >= 4 is 5.69 Å². The van der Waals surface area contributed by atoms with E-state index in [-0.39, 0.29) is 6.54 Å². The molecule has 0 saturated carbocycles. The average Bonchev–Trinajstić information content (AvgIpc) is 2.15. The largest absolute Gasteiger partial charge is 0.416 e. The molecule has 0 aliphatic rings. The molecule has 0 amide bonds. The van der Waals surface area contributed by atoms with Crippen molar-refractivity contribution in [2.24, 2.45) is 5.73 Å². The highest BCUT2D eigenvalue weighted by atomic mass is 19.4. The van der Waals surface area contributed by atoms with Gasteiger partial charge in [0.15, 0.2) is 0 Å². The van der Waals surface area contributed by atoms with Gasteiger partial charge in [0.25, 0.3) is 0 Å². The molecule has 1 rings (SSSR count). The molecule has 2 nitrogen and oxygen atoms in total. The van der Waals surface area contributed by atoms with Crippen molar-refractivity contribution in [2.45, 2.75) is 12.7 Å². The zero-order valence-corrected chi connectivity index (χ0v) is 7.65. The van der Waals surface area contributed by atoms with Crippen molar-refractivity contribution < 1.29 is 13.2 Å². The van der Waals surface area contributed by atoms with Crippen molar-refractivity contribution in [2.75, 3.05) is 12.4 Å². The Kier molecular flexibility index (Phi) is 3.00. The van der Waals surface area contributed by atoms with Gasteiger partial charge >= 0.3 is 6.18 Å². The van der Waals surface area contributed by atoms with Crippen LogP contribution in [0, 0.1) is 0 Å². The monoisotopic (exact) mass is 204 g/mol. The molecule has 0 fully saturated rings. The van der Waals surface area contributed by atoms with Gasteiger partial charge in [0.05, 0.1) is 5.56 Å². The lowest BCUT2D eigenvalue weighted by Gasteiger charge is -2.10. The van der Waals surface area contributed by atoms with Gasteiger partial charge in [0, 0.05) is 19.3 Å². The van der Waals surface area contributed by atoms with Crippen LogP contribution in [0.4, 0.5) is 18.9 Å². The molecule has 0 unspecified atom stereocenters. The third kappa shape index (κ3) is 2.38. The normalized spacial score (nSPS) is 11.5. The predicted octanol–water partition coefficient (Wildman–Crippen LogP) is 2.21. The quantitative estimate of drug-likeness (QED) is 0.775. The van der Waals surface area contributed by atoms with Crippen LogP contribution in [0.1, 0.15) is 11.1 Å². The Morgan fingerprint density at radius 3 is 2.36 bits per heavy atom. The minimum Gasteiger partial charge on any atom is -0.388 e. The van der Waals surface area contributed by atoms with Gasteiger partial charge in [-0.15, -0.1) is 0 Å². The Bertz CT molecular complexity index is 298. The minimum absolute atomic E-state index is 0.0958. The molecule has 0 heterocycles. The molecule has 14 heavy (non-hydrogen) atoms. The van der Waals surface area contributed by atoms with Gasteiger partial charge in [0.2, 0.25) is 0 Å². The van der Waals surface area contributed by atoms with Gasteiger partial charge in [-0.2, -0.15) is 13.2 Å². The number of anilines is 1. The van der Waals surface area contributed by atoms with Crippen molar-refractivity contribution in [3.8, 4) is 0 Å². The molecule has 78 valence electrons. The third-order valence-corrected chi connectivity index (χ3v) is 1.84. The van der Waals surface area contributed by atoms with Crippen LogP contribution in [0.5, 0.6) is 0 Å². The Morgan fingerprint density at radius 2 is 1.93 bits per heavy atom. The van der Waals surface area contributed by atoms with E-state index in [1.807, 2.05) is 0 Å². The van der Waals surface area contributed by atoms with Crippen LogP contribution in [0.3, 0.4) is 0 Å². The lowest BCUT2D eigenvalue weighted by molar-refractivity contribution is -0.137. The fourth-order valence-corrected chi connectivity index (χ4v) is 1.12. The Labute approximate surface area is 79.9 Å². The van der Waals surface area contributed by atoms with Crippen LogP contribution in [0.2, 0.25) is 0 Å². The van der Waals surface area contributed by atoms with E-state index < -0.39 is 11.7 Å². The average molecular weight is 204 g/mol. The number of benzene rings is 1. The number of hydrogen-bond donors (Lipinski definition) is 2. The van der Waals surface area contributed by atoms with E-state index in [2.05, 4.69) is 5.32 Å². The van der Waals surface area contributed by atoms with Gasteiger partial charge in [0.1, 0.15) is 0 Å². The lowest BCUT2D eigenvalue weighted by Crippen LogP contribution is -2.08. The van der Waals surface area contributed by atoms with Crippen LogP contribution in [0.15, 0.2) is 18.2 Å². The topological polar surface area (TPSA) is 38.0 Å². The molecule has 0 bridgehead atoms. The van der Waals surface area contributed by atoms with Gasteiger partial charge in [-0.1, -0.05) is 0 Å². The molecule has 0 radical (unpaired) electrons. The Balaban J connectivity index is 3.17. The molecule has 0 atom stereocenters. The highest BCUT2D eigenvalue weighted by molar-refractivity contribution is 5.49. The summed E-state index contributed by atoms with van der Waals surface area (Å²) in [5.74, 6) is 0. The molecule has 0 aliphatic heterocycles. The summed E-state index contributed by atoms with van der Waals surface area (Å²) in [6.07, 6.45) is -4.32. The summed E-state index contributed by atoms with van der Waals surface area (Å²) < 4.78 is 37.1. The van der Waals surface area contributed by atoms with Crippen LogP contribution < -0.4 is 11.1 Å². The molecular formula is C9H11F3N2. The summed E-state index contributed by atoms with van der Waals surface area (Å²) in [5.41, 5.74) is 5.49. The highest BCUT2D eigenvalue weighted by Gasteiger charge is 2.30. The second-order valence-corrected chi connectivity index (χ2v) is 2.87. The molecule has 1 aromatic rings. The van der Waals surface area contributed by atoms with E-state index >= 15 is 0 Å². The Hall–Kier alpha value is -1.23. The second kappa shape index (κ2) is 3.88. The standard InChI is InChI=1S/C9H11F3N2/c1-14-8-3-6(5-13)2-7(4-8)9(10,11)12/h2-4,14H,5,13H2,1H3. The first-order valence-electron chi connectivity index (χ1n) is 4.06. The van der Waals surface area contributed by atoms with Crippen molar-refractivity contribution in [3.63, 3.8) is 0 Å². The van der Waals surface area contributed by atoms with Crippen molar-refractivity contribution in [1.29, 1.82) is 0 Å². The SMILES string of the molecule is CNc1cc(CN)cc(C(F)(F)F)c1. The van der Waals surface area contributed by atoms with Crippen molar-refractivity contribution in [1.82, 2.24) is 0 Å². The summed E-state index contributed by atoms with van der Waals surface area (Å²) in [4.78, 5) is 0. The molecule has 3 N–H and O–H groups in total. The maximum Gasteiger partial charge on any atom is 0.416 e. The summed E-state index contributed by atoms with van der Waals surface area (Å²) in [6.45, 7) is 0.0958. The van der Waals surface area contributed by atoms with Crippen LogP contribution in [0.25, 0.3) is 0 Å². The zero-order valence-electron chi connectivity index (χ0n) is 7.65. The highest BCUT2D eigenvalue weighted by Crippen LogP contribution is 2.31. The summed E-state index contributed by atoms with van der Waals surface area (Å²) >= 11 is 0. The van der Waals surface area contributed by atoms with Gasteiger partial charge in [-0.25, -0.2) is 0 Å². The van der Waals surface area contributed by atoms with E-state index in [0.717, 1.165) is 12.1 Å². The predicted molar refractivity (Wildman–Crippen MR) is 48.9 cm³/mol. The molecular weight excluding hydrogens is 193 g/mol. The van der Waals surface area contributed by atoms with E-state index in [0.29, 0.717) is 11.3 Å². The van der Waals surface area contributed by atoms with E-state index in [1.165, 1.54) is 0 Å². The van der Waals surface area contributed by atoms with Gasteiger partial charge in [-0.3, -0.25) is 0 Å². The van der Waals surface area contributed by atoms with Gasteiger partial charge < -0.3 is 11.1 Å². The van der Waals surface area contributed by atoms with E-state index in [1.54, 1.807) is 13.1 Å². The molecule has 0 saturated heterocycles. The van der Waals surface area contributed by atoms with E-state index in [4.69, 9.17) is 5.73 Å². The molecule has 0 aliphatic carbocycles. The first-order chi connectivity index (χ1) is 6.47. The fourth-order valence-electron chi connectivity index (χ4n) is 1.12. The van der Waals surface area contributed by atoms with Crippen LogP contribution in [-0.2, 0) is 12.7 Å². The number of alkyl halides is 3. The summed E-state index contributed by atoms with van der Waals surface area (Å²) in [7, 11) is 1.57. The number of halogens is 3. The smallest absolute Gasteiger partial charge is 0.388 e. The first-order valence-corrected chi connectivity index (χ1v) is 4.06. The first kappa shape index (κ1) is 10.8. The minimum atomic E-state index is -4.32. The summed E-state index contributed by atoms with van der Waals surface area (Å²) in [5, 5.41) is 2.66. The number of nitrogens with two attached hydrogens (primary N) is 1. The zero-order chi connectivity index (χ0) is 10.8. The fraction of sp³-hybridized carbons (Fsp3) is 0.333. The molecule has 1 aromatic carbocycles. The third-order valence-electron chi connectivity index (χ3n) is 1.84. The molecule has 0 spiro atoms. The lowest BCUT2D eigenvalue weighted by atomic mass is 10.1. The van der Waals surface area contributed by atoms with Crippen molar-refractivity contribution in [3.05, 3.63) is 29.3 Å². The number of hydrogen-bond acceptors (Lipinski definition) is 2. The molecule has 5 heteroatoms. The summed E-state index contributed by atoms with van der Waals surface area (Å²) in [6, 6.07) is 3.70.